The Morgan fingerprint density at radius 1 is 0.929 bits per heavy atom. The smallest absolute Gasteiger partial charge is 0.210 e. The molecule has 0 saturated carbocycles. The lowest BCUT2D eigenvalue weighted by atomic mass is 10.2. The molecule has 0 atom stereocenters. The van der Waals surface area contributed by atoms with E-state index in [0.717, 1.165) is 5.52 Å². The third-order valence-corrected chi connectivity index (χ3v) is 6.56. The van der Waals surface area contributed by atoms with Crippen LogP contribution in [0.4, 0.5) is 0 Å². The van der Waals surface area contributed by atoms with Crippen molar-refractivity contribution in [3.8, 4) is 0 Å². The topological polar surface area (TPSA) is 62.8 Å². The molecule has 0 aliphatic heterocycles. The first-order valence-electron chi connectivity index (χ1n) is 8.37. The lowest BCUT2D eigenvalue weighted by molar-refractivity contribution is 0.606. The number of rotatable bonds is 4. The summed E-state index contributed by atoms with van der Waals surface area (Å²) in [5, 5.41) is 0.822. The summed E-state index contributed by atoms with van der Waals surface area (Å²) in [5.74, 6) is 0.246. The van der Waals surface area contributed by atoms with E-state index in [1.54, 1.807) is 48.5 Å². The van der Waals surface area contributed by atoms with Crippen LogP contribution >= 0.6 is 23.2 Å². The van der Waals surface area contributed by atoms with Gasteiger partial charge in [0.1, 0.15) is 10.7 Å². The zero-order chi connectivity index (χ0) is 19.7. The molecule has 7 heteroatoms. The SMILES string of the molecule is O=S(=O)(C(=Cc1ccc(Cl)cc1Cl)c1nc2ccccc2[nH]1)c1ccccc1. The van der Waals surface area contributed by atoms with Crippen LogP contribution in [0.2, 0.25) is 10.0 Å². The number of nitrogens with one attached hydrogen (secondary N) is 1. The van der Waals surface area contributed by atoms with Crippen molar-refractivity contribution in [3.63, 3.8) is 0 Å². The van der Waals surface area contributed by atoms with Gasteiger partial charge in [0.25, 0.3) is 0 Å². The van der Waals surface area contributed by atoms with Crippen LogP contribution in [0.3, 0.4) is 0 Å². The van der Waals surface area contributed by atoms with E-state index >= 15 is 0 Å². The molecule has 28 heavy (non-hydrogen) atoms. The van der Waals surface area contributed by atoms with Gasteiger partial charge < -0.3 is 4.98 Å². The lowest BCUT2D eigenvalue weighted by Crippen LogP contribution is -2.05. The molecule has 1 N–H and O–H groups in total. The van der Waals surface area contributed by atoms with Crippen molar-refractivity contribution in [2.45, 2.75) is 4.90 Å². The van der Waals surface area contributed by atoms with E-state index in [1.807, 2.05) is 24.3 Å². The number of aromatic amines is 1. The second-order valence-electron chi connectivity index (χ2n) is 6.09. The van der Waals surface area contributed by atoms with Gasteiger partial charge in [0.15, 0.2) is 0 Å². The van der Waals surface area contributed by atoms with Gasteiger partial charge in [-0.3, -0.25) is 0 Å². The van der Waals surface area contributed by atoms with Crippen LogP contribution < -0.4 is 0 Å². The van der Waals surface area contributed by atoms with Crippen LogP contribution in [0.5, 0.6) is 0 Å². The standard InChI is InChI=1S/C21H14Cl2N2O2S/c22-15-11-10-14(17(23)13-15)12-20(28(26,27)16-6-2-1-3-7-16)21-24-18-8-4-5-9-19(18)25-21/h1-13H,(H,24,25). The number of imidazole rings is 1. The van der Waals surface area contributed by atoms with Crippen LogP contribution in [0, 0.1) is 0 Å². The maximum Gasteiger partial charge on any atom is 0.210 e. The first-order chi connectivity index (χ1) is 13.4. The van der Waals surface area contributed by atoms with Gasteiger partial charge in [0.05, 0.1) is 15.9 Å². The highest BCUT2D eigenvalue weighted by molar-refractivity contribution is 8.00. The molecule has 0 saturated heterocycles. The highest BCUT2D eigenvalue weighted by Crippen LogP contribution is 2.32. The largest absolute Gasteiger partial charge is 0.337 e. The molecule has 4 rings (SSSR count). The first-order valence-corrected chi connectivity index (χ1v) is 10.6. The van der Waals surface area contributed by atoms with Crippen molar-refractivity contribution in [1.82, 2.24) is 9.97 Å². The fourth-order valence-corrected chi connectivity index (χ4v) is 4.69. The Kier molecular flexibility index (Phi) is 4.98. The third-order valence-electron chi connectivity index (χ3n) is 4.21. The summed E-state index contributed by atoms with van der Waals surface area (Å²) >= 11 is 12.2. The predicted octanol–water partition coefficient (Wildman–Crippen LogP) is 5.84. The van der Waals surface area contributed by atoms with Crippen LogP contribution in [-0.4, -0.2) is 18.4 Å². The molecule has 0 radical (unpaired) electrons. The summed E-state index contributed by atoms with van der Waals surface area (Å²) in [5.41, 5.74) is 1.95. The van der Waals surface area contributed by atoms with Gasteiger partial charge >= 0.3 is 0 Å². The van der Waals surface area contributed by atoms with Gasteiger partial charge in [0.2, 0.25) is 9.84 Å². The molecular weight excluding hydrogens is 415 g/mol. The van der Waals surface area contributed by atoms with Crippen molar-refractivity contribution in [2.24, 2.45) is 0 Å². The number of sulfone groups is 1. The lowest BCUT2D eigenvalue weighted by Gasteiger charge is -2.08. The average molecular weight is 429 g/mol. The molecule has 4 nitrogen and oxygen atoms in total. The molecule has 0 spiro atoms. The zero-order valence-corrected chi connectivity index (χ0v) is 16.8. The van der Waals surface area contributed by atoms with Crippen LogP contribution in [0.1, 0.15) is 11.4 Å². The maximum atomic E-state index is 13.4. The summed E-state index contributed by atoms with van der Waals surface area (Å²) in [6.07, 6.45) is 1.51. The predicted molar refractivity (Wildman–Crippen MR) is 114 cm³/mol. The number of hydrogen-bond donors (Lipinski definition) is 1. The molecule has 3 aromatic carbocycles. The van der Waals surface area contributed by atoms with Crippen LogP contribution in [0.25, 0.3) is 22.0 Å². The molecular formula is C21H14Cl2N2O2S. The number of aromatic nitrogens is 2. The van der Waals surface area contributed by atoms with Gasteiger partial charge in [-0.1, -0.05) is 59.6 Å². The summed E-state index contributed by atoms with van der Waals surface area (Å²) in [6.45, 7) is 0. The zero-order valence-electron chi connectivity index (χ0n) is 14.4. The fraction of sp³-hybridized carbons (Fsp3) is 0. The number of para-hydroxylation sites is 2. The minimum Gasteiger partial charge on any atom is -0.337 e. The van der Waals surface area contributed by atoms with Crippen molar-refractivity contribution in [2.75, 3.05) is 0 Å². The quantitative estimate of drug-likeness (QED) is 0.443. The number of fused-ring (bicyclic) bond motifs is 1. The number of hydrogen-bond acceptors (Lipinski definition) is 3. The molecule has 0 bridgehead atoms. The molecule has 0 amide bonds. The Hall–Kier alpha value is -2.60. The van der Waals surface area contributed by atoms with Gasteiger partial charge in [-0.05, 0) is 48.0 Å². The van der Waals surface area contributed by atoms with E-state index in [1.165, 1.54) is 6.08 Å². The number of benzene rings is 3. The Morgan fingerprint density at radius 2 is 1.64 bits per heavy atom. The van der Waals surface area contributed by atoms with E-state index in [-0.39, 0.29) is 15.6 Å². The molecule has 1 aromatic heterocycles. The first kappa shape index (κ1) is 18.7. The number of nitrogens with zero attached hydrogens (tertiary/aromatic N) is 1. The summed E-state index contributed by atoms with van der Waals surface area (Å²) in [6, 6.07) is 20.5. The Labute approximate surface area is 172 Å². The van der Waals surface area contributed by atoms with E-state index < -0.39 is 9.84 Å². The molecule has 0 unspecified atom stereocenters. The molecule has 4 aromatic rings. The van der Waals surface area contributed by atoms with Crippen LogP contribution in [0.15, 0.2) is 77.7 Å². The Balaban J connectivity index is 1.96. The monoisotopic (exact) mass is 428 g/mol. The van der Waals surface area contributed by atoms with Gasteiger partial charge in [-0.25, -0.2) is 13.4 Å². The average Bonchev–Trinajstić information content (AvgIpc) is 3.11. The van der Waals surface area contributed by atoms with Crippen LogP contribution in [-0.2, 0) is 9.84 Å². The van der Waals surface area contributed by atoms with Crippen molar-refractivity contribution in [3.05, 3.63) is 94.2 Å². The van der Waals surface area contributed by atoms with E-state index in [2.05, 4.69) is 9.97 Å². The fourth-order valence-electron chi connectivity index (χ4n) is 2.83. The molecule has 0 aliphatic carbocycles. The minimum absolute atomic E-state index is 0.0270. The highest BCUT2D eigenvalue weighted by atomic mass is 35.5. The summed E-state index contributed by atoms with van der Waals surface area (Å²) in [4.78, 5) is 7.77. The molecule has 140 valence electrons. The van der Waals surface area contributed by atoms with Gasteiger partial charge in [-0.2, -0.15) is 0 Å². The van der Waals surface area contributed by atoms with Gasteiger partial charge in [-0.15, -0.1) is 0 Å². The molecule has 0 aliphatic rings. The maximum absolute atomic E-state index is 13.4. The summed E-state index contributed by atoms with van der Waals surface area (Å²) < 4.78 is 26.8. The van der Waals surface area contributed by atoms with E-state index in [0.29, 0.717) is 21.1 Å². The normalized spacial score (nSPS) is 12.4. The summed E-state index contributed by atoms with van der Waals surface area (Å²) in [7, 11) is -3.85. The second kappa shape index (κ2) is 7.43. The number of halogens is 2. The van der Waals surface area contributed by atoms with Gasteiger partial charge in [0, 0.05) is 10.0 Å². The molecule has 1 heterocycles. The molecule has 0 fully saturated rings. The Bertz CT molecular complexity index is 1260. The van der Waals surface area contributed by atoms with Crippen molar-refractivity contribution in [1.29, 1.82) is 0 Å². The Morgan fingerprint density at radius 3 is 2.36 bits per heavy atom. The minimum atomic E-state index is -3.85. The van der Waals surface area contributed by atoms with Crippen molar-refractivity contribution < 1.29 is 8.42 Å². The van der Waals surface area contributed by atoms with E-state index in [9.17, 15) is 8.42 Å². The third kappa shape index (κ3) is 3.56. The highest BCUT2D eigenvalue weighted by Gasteiger charge is 2.25. The van der Waals surface area contributed by atoms with E-state index in [4.69, 9.17) is 23.2 Å². The second-order valence-corrected chi connectivity index (χ2v) is 8.86. The number of H-pyrrole nitrogens is 1. The van der Waals surface area contributed by atoms with Crippen molar-refractivity contribution >= 4 is 55.1 Å².